The standard InChI is InChI=1S/C29H29ClFN3O4/c1-16(35)22-13-33(25-11-20(7-8-21(22)25)38-15-17-5-6-17)14-27(36)34-24-9-19(24)10-26(34)29(37)32-12-18-3-2-4-23(30)28(18)31/h2-4,7-8,11,13,17,19,24,26H,5-6,9-10,12,14-15H2,1H3,(H,32,37)/t19-,24?,26+/m1/s1. The van der Waals surface area contributed by atoms with Crippen molar-refractivity contribution in [2.75, 3.05) is 6.61 Å². The van der Waals surface area contributed by atoms with Crippen LogP contribution in [0.5, 0.6) is 5.75 Å². The van der Waals surface area contributed by atoms with Gasteiger partial charge >= 0.3 is 0 Å². The Balaban J connectivity index is 1.20. The van der Waals surface area contributed by atoms with E-state index in [1.165, 1.54) is 25.8 Å². The number of carbonyl (C=O) groups is 3. The van der Waals surface area contributed by atoms with Crippen LogP contribution in [0.3, 0.4) is 0 Å². The third-order valence-corrected chi connectivity index (χ3v) is 8.19. The summed E-state index contributed by atoms with van der Waals surface area (Å²) in [4.78, 5) is 40.7. The molecule has 9 heteroatoms. The van der Waals surface area contributed by atoms with Crippen LogP contribution < -0.4 is 10.1 Å². The van der Waals surface area contributed by atoms with Crippen LogP contribution in [0.4, 0.5) is 4.39 Å². The number of carbonyl (C=O) groups excluding carboxylic acids is 3. The topological polar surface area (TPSA) is 80.6 Å². The van der Waals surface area contributed by atoms with Gasteiger partial charge in [0.25, 0.3) is 0 Å². The van der Waals surface area contributed by atoms with E-state index >= 15 is 0 Å². The molecule has 0 spiro atoms. The van der Waals surface area contributed by atoms with E-state index in [0.717, 1.165) is 17.3 Å². The first-order chi connectivity index (χ1) is 18.3. The van der Waals surface area contributed by atoms with E-state index in [1.54, 1.807) is 27.8 Å². The van der Waals surface area contributed by atoms with E-state index in [2.05, 4.69) is 5.32 Å². The van der Waals surface area contributed by atoms with Gasteiger partial charge in [0.15, 0.2) is 5.78 Å². The number of ketones is 1. The SMILES string of the molecule is CC(=O)c1cn(CC(=O)N2C3C[C@@H]3C[C@H]2C(=O)NCc2cccc(Cl)c2F)c2cc(OCC3CC3)ccc12. The summed E-state index contributed by atoms with van der Waals surface area (Å²) in [5.41, 5.74) is 1.59. The van der Waals surface area contributed by atoms with E-state index in [9.17, 15) is 18.8 Å². The van der Waals surface area contributed by atoms with E-state index in [1.807, 2.05) is 18.2 Å². The Hall–Kier alpha value is -3.39. The molecule has 6 rings (SSSR count). The van der Waals surface area contributed by atoms with Gasteiger partial charge in [-0.25, -0.2) is 4.39 Å². The normalized spacial score (nSPS) is 21.9. The molecule has 1 aromatic heterocycles. The molecule has 2 aliphatic carbocycles. The molecule has 3 aliphatic rings. The van der Waals surface area contributed by atoms with Crippen LogP contribution >= 0.6 is 11.6 Å². The van der Waals surface area contributed by atoms with Crippen molar-refractivity contribution in [1.82, 2.24) is 14.8 Å². The number of likely N-dealkylation sites (tertiary alicyclic amines) is 1. The lowest BCUT2D eigenvalue weighted by molar-refractivity contribution is -0.140. The highest BCUT2D eigenvalue weighted by Gasteiger charge is 2.55. The largest absolute Gasteiger partial charge is 0.493 e. The average molecular weight is 538 g/mol. The third-order valence-electron chi connectivity index (χ3n) is 7.90. The van der Waals surface area contributed by atoms with Crippen molar-refractivity contribution in [3.63, 3.8) is 0 Å². The molecule has 0 bridgehead atoms. The second-order valence-corrected chi connectivity index (χ2v) is 11.1. The zero-order chi connectivity index (χ0) is 26.6. The number of halogens is 2. The zero-order valence-electron chi connectivity index (χ0n) is 21.1. The van der Waals surface area contributed by atoms with Crippen LogP contribution in [-0.2, 0) is 22.7 Å². The highest BCUT2D eigenvalue weighted by molar-refractivity contribution is 6.30. The second kappa shape index (κ2) is 9.73. The van der Waals surface area contributed by atoms with Gasteiger partial charge in [0.1, 0.15) is 24.2 Å². The van der Waals surface area contributed by atoms with Crippen molar-refractivity contribution >= 4 is 40.1 Å². The van der Waals surface area contributed by atoms with Crippen LogP contribution in [0.1, 0.15) is 48.5 Å². The fraction of sp³-hybridized carbons (Fsp3) is 0.414. The molecular weight excluding hydrogens is 509 g/mol. The Morgan fingerprint density at radius 3 is 2.74 bits per heavy atom. The number of benzene rings is 2. The molecule has 3 atom stereocenters. The van der Waals surface area contributed by atoms with Crippen LogP contribution in [0.2, 0.25) is 5.02 Å². The van der Waals surface area contributed by atoms with Gasteiger partial charge in [-0.15, -0.1) is 0 Å². The number of Topliss-reactive ketones (excluding diaryl/α,β-unsaturated/α-hetero) is 1. The molecule has 1 unspecified atom stereocenters. The van der Waals surface area contributed by atoms with Crippen molar-refractivity contribution in [1.29, 1.82) is 0 Å². The summed E-state index contributed by atoms with van der Waals surface area (Å²) >= 11 is 5.86. The quantitative estimate of drug-likeness (QED) is 0.400. The second-order valence-electron chi connectivity index (χ2n) is 10.7. The lowest BCUT2D eigenvalue weighted by Crippen LogP contribution is -2.48. The first-order valence-electron chi connectivity index (χ1n) is 13.1. The maximum absolute atomic E-state index is 14.3. The van der Waals surface area contributed by atoms with Gasteiger partial charge in [-0.1, -0.05) is 23.7 Å². The average Bonchev–Trinajstić information content (AvgIpc) is 3.81. The molecule has 2 saturated carbocycles. The maximum atomic E-state index is 14.3. The number of piperidine rings is 1. The molecule has 0 radical (unpaired) electrons. The summed E-state index contributed by atoms with van der Waals surface area (Å²) in [7, 11) is 0. The molecule has 2 amide bonds. The Labute approximate surface area is 224 Å². The van der Waals surface area contributed by atoms with Crippen molar-refractivity contribution in [2.24, 2.45) is 11.8 Å². The first kappa shape index (κ1) is 24.9. The molecule has 3 fully saturated rings. The fourth-order valence-corrected chi connectivity index (χ4v) is 5.73. The number of hydrogen-bond acceptors (Lipinski definition) is 4. The molecule has 3 aromatic rings. The number of rotatable bonds is 9. The lowest BCUT2D eigenvalue weighted by atomic mass is 10.1. The number of aromatic nitrogens is 1. The van der Waals surface area contributed by atoms with Crippen molar-refractivity contribution in [3.05, 3.63) is 64.6 Å². The van der Waals surface area contributed by atoms with Crippen LogP contribution in [0.25, 0.3) is 10.9 Å². The number of hydrogen-bond donors (Lipinski definition) is 1. The lowest BCUT2D eigenvalue weighted by Gasteiger charge is -2.27. The molecule has 7 nitrogen and oxygen atoms in total. The zero-order valence-corrected chi connectivity index (χ0v) is 21.8. The fourth-order valence-electron chi connectivity index (χ4n) is 5.53. The summed E-state index contributed by atoms with van der Waals surface area (Å²) in [6, 6.07) is 9.69. The minimum Gasteiger partial charge on any atom is -0.493 e. The molecule has 2 aromatic carbocycles. The van der Waals surface area contributed by atoms with Crippen molar-refractivity contribution in [3.8, 4) is 5.75 Å². The van der Waals surface area contributed by atoms with Crippen molar-refractivity contribution in [2.45, 2.75) is 57.8 Å². The summed E-state index contributed by atoms with van der Waals surface area (Å²) in [5, 5.41) is 3.56. The van der Waals surface area contributed by atoms with Crippen LogP contribution in [0, 0.1) is 17.7 Å². The van der Waals surface area contributed by atoms with Gasteiger partial charge in [0.05, 0.1) is 17.1 Å². The Morgan fingerprint density at radius 1 is 1.16 bits per heavy atom. The predicted molar refractivity (Wildman–Crippen MR) is 141 cm³/mol. The molecule has 38 heavy (non-hydrogen) atoms. The van der Waals surface area contributed by atoms with Crippen LogP contribution in [0.15, 0.2) is 42.6 Å². The van der Waals surface area contributed by atoms with E-state index in [-0.39, 0.29) is 41.8 Å². The molecule has 2 heterocycles. The van der Waals surface area contributed by atoms with Gasteiger partial charge in [0.2, 0.25) is 11.8 Å². The summed E-state index contributed by atoms with van der Waals surface area (Å²) < 4.78 is 22.0. The predicted octanol–water partition coefficient (Wildman–Crippen LogP) is 4.73. The van der Waals surface area contributed by atoms with E-state index < -0.39 is 11.9 Å². The van der Waals surface area contributed by atoms with Gasteiger partial charge < -0.3 is 19.5 Å². The smallest absolute Gasteiger partial charge is 0.243 e. The molecule has 1 N–H and O–H groups in total. The molecule has 198 valence electrons. The first-order valence-corrected chi connectivity index (χ1v) is 13.5. The Morgan fingerprint density at radius 2 is 1.97 bits per heavy atom. The number of nitrogens with one attached hydrogen (secondary N) is 1. The summed E-state index contributed by atoms with van der Waals surface area (Å²) in [6.45, 7) is 2.17. The maximum Gasteiger partial charge on any atom is 0.243 e. The number of nitrogens with zero attached hydrogens (tertiary/aromatic N) is 2. The molecule has 1 saturated heterocycles. The van der Waals surface area contributed by atoms with Gasteiger partial charge in [-0.05, 0) is 62.6 Å². The monoisotopic (exact) mass is 537 g/mol. The Kier molecular flexibility index (Phi) is 6.38. The van der Waals surface area contributed by atoms with E-state index in [4.69, 9.17) is 16.3 Å². The Bertz CT molecular complexity index is 1450. The number of fused-ring (bicyclic) bond motifs is 2. The third kappa shape index (κ3) is 4.77. The van der Waals surface area contributed by atoms with Crippen molar-refractivity contribution < 1.29 is 23.5 Å². The van der Waals surface area contributed by atoms with Crippen LogP contribution in [-0.4, -0.2) is 45.8 Å². The summed E-state index contributed by atoms with van der Waals surface area (Å²) in [6.07, 6.45) is 5.55. The van der Waals surface area contributed by atoms with Gasteiger partial charge in [-0.3, -0.25) is 14.4 Å². The van der Waals surface area contributed by atoms with Gasteiger partial charge in [0, 0.05) is 41.4 Å². The minimum atomic E-state index is -0.611. The highest BCUT2D eigenvalue weighted by atomic mass is 35.5. The van der Waals surface area contributed by atoms with Gasteiger partial charge in [-0.2, -0.15) is 0 Å². The summed E-state index contributed by atoms with van der Waals surface area (Å²) in [5.74, 6) is 0.490. The number of ether oxygens (including phenoxy) is 1. The van der Waals surface area contributed by atoms with E-state index in [0.29, 0.717) is 41.7 Å². The molecule has 1 aliphatic heterocycles. The molecular formula is C29H29ClFN3O4. The minimum absolute atomic E-state index is 0.000593. The highest BCUT2D eigenvalue weighted by Crippen LogP contribution is 2.48. The number of amides is 2.